The third-order valence-electron chi connectivity index (χ3n) is 5.30. The standard InChI is InChI=1S/C21H22N6O3S2/c1-12(19(28)22-13-6-7-15-16(10-13)24-20(29)23-15)32-21-26-25-18(17-5-3-9-31-17)27(21)11-14-4-2-8-30-14/h3,5-7,9-10,12,14H,2,4,8,11H2,1H3,(H,22,28)(H2,23,24,29). The molecule has 166 valence electrons. The van der Waals surface area contributed by atoms with E-state index in [4.69, 9.17) is 4.74 Å². The van der Waals surface area contributed by atoms with Crippen LogP contribution in [0.25, 0.3) is 21.7 Å². The molecule has 1 saturated heterocycles. The largest absolute Gasteiger partial charge is 0.376 e. The number of aromatic nitrogens is 5. The van der Waals surface area contributed by atoms with Crippen LogP contribution in [0.4, 0.5) is 5.69 Å². The van der Waals surface area contributed by atoms with Crippen molar-refractivity contribution >= 4 is 45.7 Å². The number of hydrogen-bond acceptors (Lipinski definition) is 7. The van der Waals surface area contributed by atoms with Gasteiger partial charge in [0.15, 0.2) is 11.0 Å². The summed E-state index contributed by atoms with van der Waals surface area (Å²) < 4.78 is 7.89. The number of imidazole rings is 1. The second-order valence-corrected chi connectivity index (χ2v) is 9.87. The lowest BCUT2D eigenvalue weighted by Gasteiger charge is -2.16. The number of anilines is 1. The number of nitrogens with one attached hydrogen (secondary N) is 3. The fraction of sp³-hybridized carbons (Fsp3) is 0.333. The molecule has 4 aromatic rings. The number of thiophene rings is 1. The molecule has 0 bridgehead atoms. The molecule has 4 heterocycles. The van der Waals surface area contributed by atoms with E-state index in [0.717, 1.165) is 30.2 Å². The van der Waals surface area contributed by atoms with Gasteiger partial charge in [-0.2, -0.15) is 0 Å². The van der Waals surface area contributed by atoms with Crippen LogP contribution in [-0.2, 0) is 16.1 Å². The van der Waals surface area contributed by atoms with E-state index in [-0.39, 0.29) is 17.7 Å². The number of ether oxygens (including phenoxy) is 1. The van der Waals surface area contributed by atoms with Crippen LogP contribution in [0.3, 0.4) is 0 Å². The second kappa shape index (κ2) is 8.93. The Balaban J connectivity index is 1.33. The van der Waals surface area contributed by atoms with Gasteiger partial charge >= 0.3 is 5.69 Å². The number of rotatable bonds is 7. The monoisotopic (exact) mass is 470 g/mol. The van der Waals surface area contributed by atoms with E-state index in [9.17, 15) is 9.59 Å². The molecule has 0 spiro atoms. The lowest BCUT2D eigenvalue weighted by molar-refractivity contribution is -0.115. The quantitative estimate of drug-likeness (QED) is 0.356. The number of thioether (sulfide) groups is 1. The first-order valence-corrected chi connectivity index (χ1v) is 12.1. The summed E-state index contributed by atoms with van der Waals surface area (Å²) in [4.78, 5) is 30.7. The van der Waals surface area contributed by atoms with E-state index in [0.29, 0.717) is 28.4 Å². The molecule has 11 heteroatoms. The van der Waals surface area contributed by atoms with Crippen LogP contribution in [0, 0.1) is 0 Å². The van der Waals surface area contributed by atoms with Gasteiger partial charge in [-0.3, -0.25) is 9.36 Å². The summed E-state index contributed by atoms with van der Waals surface area (Å²) in [7, 11) is 0. The molecule has 2 unspecified atom stereocenters. The van der Waals surface area contributed by atoms with Crippen LogP contribution < -0.4 is 11.0 Å². The second-order valence-electron chi connectivity index (χ2n) is 7.62. The number of fused-ring (bicyclic) bond motifs is 1. The zero-order valence-electron chi connectivity index (χ0n) is 17.3. The predicted octanol–water partition coefficient (Wildman–Crippen LogP) is 3.47. The van der Waals surface area contributed by atoms with E-state index in [2.05, 4.69) is 30.0 Å². The molecule has 0 aliphatic carbocycles. The van der Waals surface area contributed by atoms with Crippen molar-refractivity contribution in [2.75, 3.05) is 11.9 Å². The van der Waals surface area contributed by atoms with Crippen molar-refractivity contribution in [2.24, 2.45) is 0 Å². The highest BCUT2D eigenvalue weighted by Crippen LogP contribution is 2.31. The molecule has 3 aromatic heterocycles. The lowest BCUT2D eigenvalue weighted by Crippen LogP contribution is -2.23. The topological polar surface area (TPSA) is 118 Å². The number of hydrogen-bond donors (Lipinski definition) is 3. The Labute approximate surface area is 191 Å². The highest BCUT2D eigenvalue weighted by atomic mass is 32.2. The van der Waals surface area contributed by atoms with Gasteiger partial charge in [0.05, 0.1) is 33.8 Å². The highest BCUT2D eigenvalue weighted by Gasteiger charge is 2.25. The third kappa shape index (κ3) is 4.36. The van der Waals surface area contributed by atoms with E-state index in [1.54, 1.807) is 29.5 Å². The number of carbonyl (C=O) groups is 1. The molecular weight excluding hydrogens is 448 g/mol. The molecule has 9 nitrogen and oxygen atoms in total. The Morgan fingerprint density at radius 1 is 1.34 bits per heavy atom. The maximum absolute atomic E-state index is 12.9. The van der Waals surface area contributed by atoms with Gasteiger partial charge in [0.25, 0.3) is 0 Å². The van der Waals surface area contributed by atoms with Gasteiger partial charge in [0.2, 0.25) is 5.91 Å². The van der Waals surface area contributed by atoms with Crippen molar-refractivity contribution in [1.82, 2.24) is 24.7 Å². The van der Waals surface area contributed by atoms with Crippen molar-refractivity contribution in [3.8, 4) is 10.7 Å². The van der Waals surface area contributed by atoms with Gasteiger partial charge < -0.3 is 20.0 Å². The van der Waals surface area contributed by atoms with Gasteiger partial charge in [-0.15, -0.1) is 21.5 Å². The minimum Gasteiger partial charge on any atom is -0.376 e. The summed E-state index contributed by atoms with van der Waals surface area (Å²) in [5.74, 6) is 0.643. The number of carbonyl (C=O) groups excluding carboxylic acids is 1. The van der Waals surface area contributed by atoms with Gasteiger partial charge in [0, 0.05) is 12.3 Å². The summed E-state index contributed by atoms with van der Waals surface area (Å²) in [5.41, 5.74) is 1.67. The van der Waals surface area contributed by atoms with Crippen molar-refractivity contribution in [1.29, 1.82) is 0 Å². The van der Waals surface area contributed by atoms with E-state index in [1.165, 1.54) is 11.8 Å². The van der Waals surface area contributed by atoms with Gasteiger partial charge in [-0.1, -0.05) is 17.8 Å². The van der Waals surface area contributed by atoms with Crippen molar-refractivity contribution in [2.45, 2.75) is 42.8 Å². The van der Waals surface area contributed by atoms with Crippen LogP contribution in [0.2, 0.25) is 0 Å². The molecule has 2 atom stereocenters. The van der Waals surface area contributed by atoms with Crippen LogP contribution in [0.5, 0.6) is 0 Å². The molecule has 0 radical (unpaired) electrons. The van der Waals surface area contributed by atoms with Gasteiger partial charge in [-0.05, 0) is 49.4 Å². The van der Waals surface area contributed by atoms with E-state index in [1.807, 2.05) is 24.4 Å². The summed E-state index contributed by atoms with van der Waals surface area (Å²) in [6, 6.07) is 9.26. The zero-order chi connectivity index (χ0) is 22.1. The Kier molecular flexibility index (Phi) is 5.85. The molecule has 5 rings (SSSR count). The zero-order valence-corrected chi connectivity index (χ0v) is 19.0. The van der Waals surface area contributed by atoms with Crippen LogP contribution in [0.15, 0.2) is 45.7 Å². The summed E-state index contributed by atoms with van der Waals surface area (Å²) in [6.07, 6.45) is 2.19. The highest BCUT2D eigenvalue weighted by molar-refractivity contribution is 8.00. The fourth-order valence-electron chi connectivity index (χ4n) is 3.69. The predicted molar refractivity (Wildman–Crippen MR) is 125 cm³/mol. The Hall–Kier alpha value is -2.89. The average molecular weight is 471 g/mol. The molecule has 1 amide bonds. The molecule has 0 saturated carbocycles. The summed E-state index contributed by atoms with van der Waals surface area (Å²) >= 11 is 2.98. The summed E-state index contributed by atoms with van der Waals surface area (Å²) in [6.45, 7) is 3.28. The van der Waals surface area contributed by atoms with E-state index < -0.39 is 5.25 Å². The maximum Gasteiger partial charge on any atom is 0.323 e. The fourth-order valence-corrected chi connectivity index (χ4v) is 5.26. The lowest BCUT2D eigenvalue weighted by atomic mass is 10.2. The number of nitrogens with zero attached hydrogens (tertiary/aromatic N) is 3. The smallest absolute Gasteiger partial charge is 0.323 e. The Morgan fingerprint density at radius 2 is 2.22 bits per heavy atom. The Morgan fingerprint density at radius 3 is 3.00 bits per heavy atom. The molecule has 1 aromatic carbocycles. The first kappa shape index (κ1) is 21.0. The molecule has 3 N–H and O–H groups in total. The molecule has 32 heavy (non-hydrogen) atoms. The normalized spacial score (nSPS) is 17.1. The number of amides is 1. The SMILES string of the molecule is CC(Sc1nnc(-c2cccs2)n1CC1CCCO1)C(=O)Nc1ccc2[nH]c(=O)[nH]c2c1. The average Bonchev–Trinajstić information content (AvgIpc) is 3.56. The first-order chi connectivity index (χ1) is 15.6. The van der Waals surface area contributed by atoms with Crippen molar-refractivity contribution in [3.05, 3.63) is 46.2 Å². The van der Waals surface area contributed by atoms with Crippen molar-refractivity contribution < 1.29 is 9.53 Å². The molecular formula is C21H22N6O3S2. The van der Waals surface area contributed by atoms with Crippen LogP contribution in [-0.4, -0.2) is 48.6 Å². The van der Waals surface area contributed by atoms with E-state index >= 15 is 0 Å². The first-order valence-electron chi connectivity index (χ1n) is 10.3. The van der Waals surface area contributed by atoms with Crippen LogP contribution in [0.1, 0.15) is 19.8 Å². The minimum atomic E-state index is -0.403. The van der Waals surface area contributed by atoms with Gasteiger partial charge in [-0.25, -0.2) is 4.79 Å². The summed E-state index contributed by atoms with van der Waals surface area (Å²) in [5, 5.41) is 14.0. The third-order valence-corrected chi connectivity index (χ3v) is 7.25. The van der Waals surface area contributed by atoms with Crippen LogP contribution >= 0.6 is 23.1 Å². The number of H-pyrrole nitrogens is 2. The maximum atomic E-state index is 12.9. The number of benzene rings is 1. The van der Waals surface area contributed by atoms with Gasteiger partial charge in [0.1, 0.15) is 0 Å². The molecule has 1 fully saturated rings. The Bertz CT molecular complexity index is 1290. The molecule has 1 aliphatic rings. The number of aromatic amines is 2. The van der Waals surface area contributed by atoms with Crippen molar-refractivity contribution in [3.63, 3.8) is 0 Å². The molecule has 1 aliphatic heterocycles. The minimum absolute atomic E-state index is 0.128.